The fourth-order valence-corrected chi connectivity index (χ4v) is 3.52. The number of aliphatic hydroxyl groups is 1. The Hall–Kier alpha value is -1.48. The van der Waals surface area contributed by atoms with Crippen LogP contribution in [0.5, 0.6) is 11.5 Å². The summed E-state index contributed by atoms with van der Waals surface area (Å²) in [5.74, 6) is 1.66. The highest BCUT2D eigenvalue weighted by molar-refractivity contribution is 5.50. The molecule has 0 spiro atoms. The van der Waals surface area contributed by atoms with Gasteiger partial charge in [-0.25, -0.2) is 0 Å². The third kappa shape index (κ3) is 1.93. The molecule has 0 saturated heterocycles. The Balaban J connectivity index is 2.11. The van der Waals surface area contributed by atoms with E-state index in [4.69, 9.17) is 4.74 Å². The molecule has 1 aromatic carbocycles. The predicted molar refractivity (Wildman–Crippen MR) is 73.4 cm³/mol. The monoisotopic (exact) mass is 260 g/mol. The molecule has 1 aromatic rings. The highest BCUT2D eigenvalue weighted by Crippen LogP contribution is 2.53. The molecule has 1 heterocycles. The van der Waals surface area contributed by atoms with Crippen LogP contribution in [0.25, 0.3) is 0 Å². The lowest BCUT2D eigenvalue weighted by Gasteiger charge is -2.47. The summed E-state index contributed by atoms with van der Waals surface area (Å²) in [6, 6.07) is 5.45. The van der Waals surface area contributed by atoms with Crippen molar-refractivity contribution in [1.29, 1.82) is 0 Å². The zero-order chi connectivity index (χ0) is 13.6. The van der Waals surface area contributed by atoms with Crippen LogP contribution in [0.15, 0.2) is 29.8 Å². The SMILES string of the molecule is CC1(C)Oc2cccc(O)c2C2CC(CO)=CCC21. The normalized spacial score (nSPS) is 27.8. The van der Waals surface area contributed by atoms with Gasteiger partial charge >= 0.3 is 0 Å². The topological polar surface area (TPSA) is 49.7 Å². The minimum atomic E-state index is -0.247. The largest absolute Gasteiger partial charge is 0.508 e. The van der Waals surface area contributed by atoms with Gasteiger partial charge in [0.05, 0.1) is 6.61 Å². The summed E-state index contributed by atoms with van der Waals surface area (Å²) in [6.45, 7) is 4.32. The number of fused-ring (bicyclic) bond motifs is 3. The van der Waals surface area contributed by atoms with Gasteiger partial charge in [0.2, 0.25) is 0 Å². The van der Waals surface area contributed by atoms with E-state index < -0.39 is 0 Å². The van der Waals surface area contributed by atoms with Crippen LogP contribution in [-0.2, 0) is 0 Å². The van der Waals surface area contributed by atoms with Crippen molar-refractivity contribution in [2.45, 2.75) is 38.2 Å². The number of hydrogen-bond acceptors (Lipinski definition) is 3. The number of aliphatic hydroxyl groups excluding tert-OH is 1. The number of phenols is 1. The van der Waals surface area contributed by atoms with Gasteiger partial charge in [0.25, 0.3) is 0 Å². The van der Waals surface area contributed by atoms with E-state index in [1.807, 2.05) is 12.1 Å². The number of allylic oxidation sites excluding steroid dienone is 1. The average molecular weight is 260 g/mol. The first-order chi connectivity index (χ1) is 9.03. The minimum Gasteiger partial charge on any atom is -0.508 e. The quantitative estimate of drug-likeness (QED) is 0.763. The van der Waals surface area contributed by atoms with Crippen molar-refractivity contribution in [3.8, 4) is 11.5 Å². The van der Waals surface area contributed by atoms with Gasteiger partial charge in [-0.1, -0.05) is 12.1 Å². The molecule has 0 fully saturated rings. The Labute approximate surface area is 113 Å². The molecular formula is C16H20O3. The van der Waals surface area contributed by atoms with Gasteiger partial charge in [-0.05, 0) is 44.4 Å². The number of ether oxygens (including phenoxy) is 1. The molecule has 1 aliphatic carbocycles. The van der Waals surface area contributed by atoms with Crippen molar-refractivity contribution < 1.29 is 14.9 Å². The Bertz CT molecular complexity index is 531. The number of benzene rings is 1. The molecule has 0 radical (unpaired) electrons. The minimum absolute atomic E-state index is 0.105. The first-order valence-electron chi connectivity index (χ1n) is 6.82. The van der Waals surface area contributed by atoms with Crippen LogP contribution in [0.2, 0.25) is 0 Å². The summed E-state index contributed by atoms with van der Waals surface area (Å²) < 4.78 is 6.09. The van der Waals surface area contributed by atoms with Gasteiger partial charge in [-0.15, -0.1) is 0 Å². The smallest absolute Gasteiger partial charge is 0.127 e. The van der Waals surface area contributed by atoms with E-state index in [0.717, 1.165) is 29.7 Å². The van der Waals surface area contributed by atoms with Crippen LogP contribution in [-0.4, -0.2) is 22.4 Å². The molecule has 2 aliphatic rings. The van der Waals surface area contributed by atoms with Gasteiger partial charge in [0.15, 0.2) is 0 Å². The van der Waals surface area contributed by atoms with Crippen LogP contribution in [0.1, 0.15) is 38.2 Å². The van der Waals surface area contributed by atoms with Crippen molar-refractivity contribution >= 4 is 0 Å². The molecule has 2 atom stereocenters. The van der Waals surface area contributed by atoms with Crippen molar-refractivity contribution in [3.05, 3.63) is 35.4 Å². The van der Waals surface area contributed by atoms with E-state index in [1.165, 1.54) is 0 Å². The van der Waals surface area contributed by atoms with Crippen LogP contribution < -0.4 is 4.74 Å². The second-order valence-electron chi connectivity index (χ2n) is 6.07. The van der Waals surface area contributed by atoms with E-state index >= 15 is 0 Å². The lowest BCUT2D eigenvalue weighted by Crippen LogP contribution is -2.45. The molecule has 0 amide bonds. The zero-order valence-corrected chi connectivity index (χ0v) is 11.4. The Kier molecular flexibility index (Phi) is 2.82. The standard InChI is InChI=1S/C16H20O3/c1-16(2)12-7-6-10(9-17)8-11(12)15-13(18)4-3-5-14(15)19-16/h3-6,11-12,17-18H,7-9H2,1-2H3. The molecule has 0 aromatic heterocycles. The maximum absolute atomic E-state index is 10.2. The second-order valence-corrected chi connectivity index (χ2v) is 6.07. The van der Waals surface area contributed by atoms with Gasteiger partial charge in [-0.3, -0.25) is 0 Å². The predicted octanol–water partition coefficient (Wildman–Crippen LogP) is 2.98. The highest BCUT2D eigenvalue weighted by Gasteiger charge is 2.45. The molecule has 2 unspecified atom stereocenters. The van der Waals surface area contributed by atoms with E-state index in [9.17, 15) is 10.2 Å². The molecular weight excluding hydrogens is 240 g/mol. The average Bonchev–Trinajstić information content (AvgIpc) is 2.37. The van der Waals surface area contributed by atoms with E-state index in [1.54, 1.807) is 6.07 Å². The Morgan fingerprint density at radius 1 is 1.37 bits per heavy atom. The van der Waals surface area contributed by atoms with E-state index in [-0.39, 0.29) is 18.1 Å². The first-order valence-corrected chi connectivity index (χ1v) is 6.82. The Morgan fingerprint density at radius 3 is 2.89 bits per heavy atom. The summed E-state index contributed by atoms with van der Waals surface area (Å²) in [5, 5.41) is 19.5. The fraction of sp³-hybridized carbons (Fsp3) is 0.500. The van der Waals surface area contributed by atoms with Crippen molar-refractivity contribution in [1.82, 2.24) is 0 Å². The second kappa shape index (κ2) is 4.27. The van der Waals surface area contributed by atoms with Crippen molar-refractivity contribution in [3.63, 3.8) is 0 Å². The number of hydrogen-bond donors (Lipinski definition) is 2. The Morgan fingerprint density at radius 2 is 2.16 bits per heavy atom. The van der Waals surface area contributed by atoms with Crippen LogP contribution in [0.3, 0.4) is 0 Å². The molecule has 102 valence electrons. The molecule has 19 heavy (non-hydrogen) atoms. The molecule has 3 rings (SSSR count). The van der Waals surface area contributed by atoms with Gasteiger partial charge in [0, 0.05) is 17.4 Å². The third-order valence-electron chi connectivity index (χ3n) is 4.51. The van der Waals surface area contributed by atoms with Gasteiger partial charge in [-0.2, -0.15) is 0 Å². The molecule has 0 bridgehead atoms. The molecule has 0 saturated carbocycles. The fourth-order valence-electron chi connectivity index (χ4n) is 3.52. The van der Waals surface area contributed by atoms with Crippen LogP contribution in [0.4, 0.5) is 0 Å². The van der Waals surface area contributed by atoms with Gasteiger partial charge < -0.3 is 14.9 Å². The summed E-state index contributed by atoms with van der Waals surface area (Å²) in [6.07, 6.45) is 3.82. The third-order valence-corrected chi connectivity index (χ3v) is 4.51. The van der Waals surface area contributed by atoms with Gasteiger partial charge in [0.1, 0.15) is 17.1 Å². The van der Waals surface area contributed by atoms with E-state index in [2.05, 4.69) is 19.9 Å². The summed E-state index contributed by atoms with van der Waals surface area (Å²) >= 11 is 0. The van der Waals surface area contributed by atoms with E-state index in [0.29, 0.717) is 11.7 Å². The number of aromatic hydroxyl groups is 1. The first kappa shape index (κ1) is 12.5. The lowest BCUT2D eigenvalue weighted by atomic mass is 9.67. The number of phenolic OH excluding ortho intramolecular Hbond substituents is 1. The van der Waals surface area contributed by atoms with Crippen LogP contribution in [0, 0.1) is 5.92 Å². The van der Waals surface area contributed by atoms with Crippen molar-refractivity contribution in [2.75, 3.05) is 6.61 Å². The van der Waals surface area contributed by atoms with Crippen LogP contribution >= 0.6 is 0 Å². The summed E-state index contributed by atoms with van der Waals surface area (Å²) in [4.78, 5) is 0. The molecule has 3 nitrogen and oxygen atoms in total. The van der Waals surface area contributed by atoms with Crippen molar-refractivity contribution in [2.24, 2.45) is 5.92 Å². The summed E-state index contributed by atoms with van der Waals surface area (Å²) in [5.41, 5.74) is 1.72. The lowest BCUT2D eigenvalue weighted by molar-refractivity contribution is 0.00683. The molecule has 1 aliphatic heterocycles. The zero-order valence-electron chi connectivity index (χ0n) is 11.4. The highest BCUT2D eigenvalue weighted by atomic mass is 16.5. The molecule has 2 N–H and O–H groups in total. The maximum atomic E-state index is 10.2. The summed E-state index contributed by atoms with van der Waals surface area (Å²) in [7, 11) is 0. The maximum Gasteiger partial charge on any atom is 0.127 e. The number of rotatable bonds is 1. The molecule has 3 heteroatoms.